The van der Waals surface area contributed by atoms with Crippen molar-refractivity contribution in [3.63, 3.8) is 0 Å². The first-order chi connectivity index (χ1) is 12.5. The first-order valence-corrected chi connectivity index (χ1v) is 9.54. The summed E-state index contributed by atoms with van der Waals surface area (Å²) < 4.78 is 5.87. The molecule has 1 unspecified atom stereocenters. The van der Waals surface area contributed by atoms with E-state index < -0.39 is 12.0 Å². The van der Waals surface area contributed by atoms with Gasteiger partial charge in [0.15, 0.2) is 0 Å². The van der Waals surface area contributed by atoms with Gasteiger partial charge in [-0.1, -0.05) is 74.6 Å². The second-order valence-electron chi connectivity index (χ2n) is 5.69. The van der Waals surface area contributed by atoms with Crippen LogP contribution in [0.3, 0.4) is 0 Å². The number of amides is 1. The average Bonchev–Trinajstić information content (AvgIpc) is 2.89. The number of carbonyl (C=O) groups is 2. The highest BCUT2D eigenvalue weighted by Gasteiger charge is 2.40. The Bertz CT molecular complexity index is 745. The molecule has 1 aliphatic rings. The minimum atomic E-state index is -1.04. The van der Waals surface area contributed by atoms with Crippen molar-refractivity contribution in [3.8, 4) is 5.75 Å². The molecule has 7 heteroatoms. The smallest absolute Gasteiger partial charge is 0.326 e. The van der Waals surface area contributed by atoms with Gasteiger partial charge in [0.05, 0.1) is 4.91 Å². The van der Waals surface area contributed by atoms with Gasteiger partial charge in [-0.3, -0.25) is 9.69 Å². The lowest BCUT2D eigenvalue weighted by atomic mass is 10.1. The quantitative estimate of drug-likeness (QED) is 0.388. The highest BCUT2D eigenvalue weighted by atomic mass is 32.2. The molecule has 1 aromatic rings. The molecule has 0 aromatic heterocycles. The third-order valence-corrected chi connectivity index (χ3v) is 5.14. The summed E-state index contributed by atoms with van der Waals surface area (Å²) in [6.07, 6.45) is 5.27. The van der Waals surface area contributed by atoms with Crippen LogP contribution in [0.25, 0.3) is 6.08 Å². The Hall–Kier alpha value is -2.12. The summed E-state index contributed by atoms with van der Waals surface area (Å²) in [6.45, 7) is 5.95. The van der Waals surface area contributed by atoms with Crippen LogP contribution in [0.2, 0.25) is 0 Å². The SMILES string of the molecule is C=CCOc1ccccc1/C=C1\SC(=S)N(C(CCCC)C(=O)O)C1=O. The van der Waals surface area contributed by atoms with Crippen molar-refractivity contribution in [2.75, 3.05) is 6.61 Å². The van der Waals surface area contributed by atoms with Crippen molar-refractivity contribution in [2.24, 2.45) is 0 Å². The lowest BCUT2D eigenvalue weighted by molar-refractivity contribution is -0.145. The van der Waals surface area contributed by atoms with Crippen molar-refractivity contribution < 1.29 is 19.4 Å². The van der Waals surface area contributed by atoms with Gasteiger partial charge in [-0.05, 0) is 18.6 Å². The van der Waals surface area contributed by atoms with Crippen molar-refractivity contribution in [1.82, 2.24) is 4.90 Å². The number of hydrogen-bond donors (Lipinski definition) is 1. The predicted octanol–water partition coefficient (Wildman–Crippen LogP) is 4.10. The molecule has 0 saturated carbocycles. The number of carboxylic acids is 1. The van der Waals surface area contributed by atoms with Crippen molar-refractivity contribution >= 4 is 46.3 Å². The predicted molar refractivity (Wildman–Crippen MR) is 108 cm³/mol. The fraction of sp³-hybridized carbons (Fsp3) is 0.316. The van der Waals surface area contributed by atoms with E-state index in [1.807, 2.05) is 25.1 Å². The highest BCUT2D eigenvalue weighted by molar-refractivity contribution is 8.26. The minimum absolute atomic E-state index is 0.272. The number of benzene rings is 1. The van der Waals surface area contributed by atoms with Crippen LogP contribution in [-0.2, 0) is 9.59 Å². The summed E-state index contributed by atoms with van der Waals surface area (Å²) >= 11 is 6.40. The van der Waals surface area contributed by atoms with Gasteiger partial charge in [-0.2, -0.15) is 0 Å². The van der Waals surface area contributed by atoms with Gasteiger partial charge in [0.2, 0.25) is 0 Å². The standard InChI is InChI=1S/C19H21NO4S2/c1-3-5-9-14(18(22)23)20-17(21)16(26-19(20)25)12-13-8-6-7-10-15(13)24-11-4-2/h4,6-8,10,12,14H,2-3,5,9,11H2,1H3,(H,22,23)/b16-12-. The van der Waals surface area contributed by atoms with Gasteiger partial charge in [0, 0.05) is 5.56 Å². The number of unbranched alkanes of at least 4 members (excludes halogenated alkanes) is 1. The molecule has 26 heavy (non-hydrogen) atoms. The van der Waals surface area contributed by atoms with Gasteiger partial charge in [-0.15, -0.1) is 0 Å². The number of carboxylic acid groups (broad SMARTS) is 1. The molecule has 0 radical (unpaired) electrons. The molecule has 1 aliphatic heterocycles. The third kappa shape index (κ3) is 4.74. The topological polar surface area (TPSA) is 66.8 Å². The molecule has 1 atom stereocenters. The summed E-state index contributed by atoms with van der Waals surface area (Å²) in [5, 5.41) is 9.50. The van der Waals surface area contributed by atoms with E-state index in [9.17, 15) is 14.7 Å². The van der Waals surface area contributed by atoms with Crippen LogP contribution in [0.15, 0.2) is 41.8 Å². The van der Waals surface area contributed by atoms with Gasteiger partial charge >= 0.3 is 5.97 Å². The zero-order valence-electron chi connectivity index (χ0n) is 14.5. The molecule has 0 bridgehead atoms. The van der Waals surface area contributed by atoms with E-state index in [0.29, 0.717) is 30.1 Å². The normalized spacial score (nSPS) is 16.8. The average molecular weight is 392 g/mol. The Labute approximate surface area is 162 Å². The van der Waals surface area contributed by atoms with E-state index in [4.69, 9.17) is 17.0 Å². The molecule has 1 fully saturated rings. The van der Waals surface area contributed by atoms with Gasteiger partial charge in [0.25, 0.3) is 5.91 Å². The van der Waals surface area contributed by atoms with Crippen LogP contribution in [0, 0.1) is 0 Å². The zero-order valence-corrected chi connectivity index (χ0v) is 16.1. The lowest BCUT2D eigenvalue weighted by Crippen LogP contribution is -2.43. The van der Waals surface area contributed by atoms with Gasteiger partial charge in [0.1, 0.15) is 22.7 Å². The van der Waals surface area contributed by atoms with E-state index in [1.54, 1.807) is 18.2 Å². The molecule has 138 valence electrons. The Morgan fingerprint density at radius 2 is 2.19 bits per heavy atom. The molecule has 0 spiro atoms. The number of carbonyl (C=O) groups excluding carboxylic acids is 1. The van der Waals surface area contributed by atoms with Crippen LogP contribution in [0.5, 0.6) is 5.75 Å². The van der Waals surface area contributed by atoms with E-state index in [0.717, 1.165) is 23.7 Å². The van der Waals surface area contributed by atoms with Gasteiger partial charge < -0.3 is 9.84 Å². The maximum Gasteiger partial charge on any atom is 0.326 e. The molecular weight excluding hydrogens is 370 g/mol. The van der Waals surface area contributed by atoms with Crippen molar-refractivity contribution in [1.29, 1.82) is 0 Å². The summed E-state index contributed by atoms with van der Waals surface area (Å²) in [5.74, 6) is -0.786. The summed E-state index contributed by atoms with van der Waals surface area (Å²) in [7, 11) is 0. The van der Waals surface area contributed by atoms with Gasteiger partial charge in [-0.25, -0.2) is 4.79 Å². The molecule has 1 N–H and O–H groups in total. The van der Waals surface area contributed by atoms with E-state index in [2.05, 4.69) is 6.58 Å². The van der Waals surface area contributed by atoms with Crippen molar-refractivity contribution in [3.05, 3.63) is 47.4 Å². The fourth-order valence-electron chi connectivity index (χ4n) is 2.53. The largest absolute Gasteiger partial charge is 0.489 e. The molecule has 1 aromatic carbocycles. The molecule has 5 nitrogen and oxygen atoms in total. The van der Waals surface area contributed by atoms with Crippen LogP contribution in [0.4, 0.5) is 0 Å². The van der Waals surface area contributed by atoms with Crippen LogP contribution in [-0.4, -0.2) is 38.9 Å². The Balaban J connectivity index is 2.29. The van der Waals surface area contributed by atoms with E-state index in [-0.39, 0.29) is 10.2 Å². The summed E-state index contributed by atoms with van der Waals surface area (Å²) in [4.78, 5) is 26.0. The van der Waals surface area contributed by atoms with Crippen molar-refractivity contribution in [2.45, 2.75) is 32.2 Å². The number of rotatable bonds is 9. The molecule has 1 amide bonds. The molecular formula is C19H21NO4S2. The second-order valence-corrected chi connectivity index (χ2v) is 7.36. The first-order valence-electron chi connectivity index (χ1n) is 8.32. The number of hydrogen-bond acceptors (Lipinski definition) is 5. The maximum absolute atomic E-state index is 12.8. The van der Waals surface area contributed by atoms with E-state index in [1.165, 1.54) is 4.90 Å². The number of ether oxygens (including phenoxy) is 1. The maximum atomic E-state index is 12.8. The van der Waals surface area contributed by atoms with Crippen LogP contribution < -0.4 is 4.74 Å². The second kappa shape index (κ2) is 9.54. The first kappa shape index (κ1) is 20.2. The summed E-state index contributed by atoms with van der Waals surface area (Å²) in [6, 6.07) is 6.38. The van der Waals surface area contributed by atoms with Crippen LogP contribution >= 0.6 is 24.0 Å². The summed E-state index contributed by atoms with van der Waals surface area (Å²) in [5.41, 5.74) is 0.732. The molecule has 2 rings (SSSR count). The fourth-order valence-corrected chi connectivity index (χ4v) is 3.88. The molecule has 1 heterocycles. The minimum Gasteiger partial charge on any atom is -0.489 e. The Morgan fingerprint density at radius 3 is 2.85 bits per heavy atom. The number of aliphatic carboxylic acids is 1. The number of nitrogens with zero attached hydrogens (tertiary/aromatic N) is 1. The lowest BCUT2D eigenvalue weighted by Gasteiger charge is -2.22. The Kier molecular flexibility index (Phi) is 7.41. The zero-order chi connectivity index (χ0) is 19.1. The highest BCUT2D eigenvalue weighted by Crippen LogP contribution is 2.36. The molecule has 0 aliphatic carbocycles. The Morgan fingerprint density at radius 1 is 1.46 bits per heavy atom. The monoisotopic (exact) mass is 391 g/mol. The third-order valence-electron chi connectivity index (χ3n) is 3.81. The number of thiocarbonyl (C=S) groups is 1. The van der Waals surface area contributed by atoms with Crippen LogP contribution in [0.1, 0.15) is 31.7 Å². The van der Waals surface area contributed by atoms with E-state index >= 15 is 0 Å². The molecule has 1 saturated heterocycles. The number of thioether (sulfide) groups is 1. The number of para-hydroxylation sites is 1.